The topological polar surface area (TPSA) is 169 Å². The quantitative estimate of drug-likeness (QED) is 0.226. The van der Waals surface area contributed by atoms with E-state index in [1.807, 2.05) is 31.2 Å². The molecule has 0 aromatic carbocycles. The van der Waals surface area contributed by atoms with E-state index in [0.29, 0.717) is 31.0 Å². The molecule has 0 bridgehead atoms. The highest BCUT2D eigenvalue weighted by Gasteiger charge is 2.41. The molecule has 0 aliphatic carbocycles. The van der Waals surface area contributed by atoms with Gasteiger partial charge in [0.25, 0.3) is 5.91 Å². The van der Waals surface area contributed by atoms with Crippen molar-refractivity contribution in [3.63, 3.8) is 0 Å². The number of thioether (sulfide) groups is 1. The number of methoxy groups -OCH3 is 1. The number of carbonyl (C=O) groups excluding carboxylic acids is 5. The molecule has 4 heterocycles. The maximum atomic E-state index is 14.2. The highest BCUT2D eigenvalue weighted by molar-refractivity contribution is 8.00. The minimum Gasteiger partial charge on any atom is -0.469 e. The molecule has 2 N–H and O–H groups in total. The predicted molar refractivity (Wildman–Crippen MR) is 195 cm³/mol. The predicted octanol–water partition coefficient (Wildman–Crippen LogP) is 2.80. The van der Waals surface area contributed by atoms with Gasteiger partial charge < -0.3 is 29.7 Å². The van der Waals surface area contributed by atoms with Crippen molar-refractivity contribution < 1.29 is 38.2 Å². The van der Waals surface area contributed by atoms with Crippen LogP contribution < -0.4 is 10.6 Å². The van der Waals surface area contributed by atoms with Gasteiger partial charge >= 0.3 is 11.9 Å². The molecule has 4 rings (SSSR count). The van der Waals surface area contributed by atoms with Crippen LogP contribution in [0.2, 0.25) is 0 Å². The number of rotatable bonds is 17. The summed E-state index contributed by atoms with van der Waals surface area (Å²) in [6, 6.07) is -1.98. The van der Waals surface area contributed by atoms with E-state index >= 15 is 0 Å². The zero-order valence-corrected chi connectivity index (χ0v) is 32.7. The molecule has 0 spiro atoms. The van der Waals surface area contributed by atoms with E-state index in [1.54, 1.807) is 42.2 Å². The van der Waals surface area contributed by atoms with E-state index in [2.05, 4.69) is 20.6 Å². The van der Waals surface area contributed by atoms with Crippen molar-refractivity contribution in [1.82, 2.24) is 30.4 Å². The number of hydrogen-bond acceptors (Lipinski definition) is 14. The number of nitrogens with zero attached hydrogens (tertiary/aromatic N) is 4. The lowest BCUT2D eigenvalue weighted by molar-refractivity contribution is -0.149. The lowest BCUT2D eigenvalue weighted by atomic mass is 9.94. The second-order valence-electron chi connectivity index (χ2n) is 13.5. The van der Waals surface area contributed by atoms with Crippen molar-refractivity contribution >= 4 is 64.1 Å². The lowest BCUT2D eigenvalue weighted by Crippen LogP contribution is -2.61. The van der Waals surface area contributed by atoms with E-state index in [-0.39, 0.29) is 48.3 Å². The molecule has 3 amide bonds. The van der Waals surface area contributed by atoms with Crippen LogP contribution in [0.3, 0.4) is 0 Å². The van der Waals surface area contributed by atoms with Gasteiger partial charge in [0.05, 0.1) is 31.2 Å². The smallest absolute Gasteiger partial charge is 0.308 e. The van der Waals surface area contributed by atoms with Crippen LogP contribution in [-0.2, 0) is 39.8 Å². The Morgan fingerprint density at radius 1 is 1.12 bits per heavy atom. The van der Waals surface area contributed by atoms with Gasteiger partial charge in [-0.05, 0) is 30.9 Å². The Hall–Kier alpha value is -3.12. The lowest BCUT2D eigenvalue weighted by Gasteiger charge is -2.40. The number of morpholine rings is 1. The molecule has 282 valence electrons. The van der Waals surface area contributed by atoms with Crippen LogP contribution in [0.5, 0.6) is 0 Å². The third-order valence-corrected chi connectivity index (χ3v) is 12.4. The third kappa shape index (κ3) is 11.2. The van der Waals surface area contributed by atoms with Gasteiger partial charge in [-0.3, -0.25) is 28.9 Å². The highest BCUT2D eigenvalue weighted by Crippen LogP contribution is 2.33. The first kappa shape index (κ1) is 40.6. The van der Waals surface area contributed by atoms with Gasteiger partial charge in [-0.25, -0.2) is 9.97 Å². The summed E-state index contributed by atoms with van der Waals surface area (Å²) in [5, 5.41) is 10.7. The number of thiazole rings is 2. The molecule has 14 nitrogen and oxygen atoms in total. The summed E-state index contributed by atoms with van der Waals surface area (Å²) < 4.78 is 16.2. The number of hydrogen-bond donors (Lipinski definition) is 2. The van der Waals surface area contributed by atoms with Crippen molar-refractivity contribution in [3.8, 4) is 0 Å². The molecule has 2 aromatic rings. The summed E-state index contributed by atoms with van der Waals surface area (Å²) in [6.45, 7) is 8.48. The van der Waals surface area contributed by atoms with Crippen LogP contribution in [0, 0.1) is 17.8 Å². The summed E-state index contributed by atoms with van der Waals surface area (Å²) in [5.74, 6) is -0.745. The molecule has 6 atom stereocenters. The van der Waals surface area contributed by atoms with Gasteiger partial charge in [0.2, 0.25) is 11.8 Å². The average Bonchev–Trinajstić information content (AvgIpc) is 3.77. The number of likely N-dealkylation sites (N-methyl/N-ethyl adjacent to an activating group) is 2. The van der Waals surface area contributed by atoms with Crippen molar-refractivity contribution in [2.45, 2.75) is 77.2 Å². The highest BCUT2D eigenvalue weighted by atomic mass is 32.2. The minimum absolute atomic E-state index is 0.00384. The molecule has 2 saturated heterocycles. The second kappa shape index (κ2) is 19.1. The second-order valence-corrected chi connectivity index (χ2v) is 16.4. The van der Waals surface area contributed by atoms with Crippen LogP contribution >= 0.6 is 34.4 Å². The standard InChI is InChI=1S/C34H50N6O8S3/c1-19(2)25(40(6)33(44)29(22-16-49-17-22)38-31(43)26-15-47-10-9-39(26)5)14-27(48-21(4)41)32-37-24(18-51-32)30(42)36-23(12-20(3)34(45)46-7)13-28-35-8-11-50-28/h8,11,18-20,22-23,25-27,29H,9-10,12-17H2,1-7H3,(H,36,42)(H,38,43)/t20-,23+,25+,26+,27+,29-/m0/s1. The van der Waals surface area contributed by atoms with E-state index in [4.69, 9.17) is 14.2 Å². The SMILES string of the molecule is COC(=O)[C@@H](C)C[C@H](Cc1nccs1)NC(=O)c1csc([C@@H](C[C@H](C(C)C)N(C)C(=O)[C@@H](NC(=O)[C@H]2COCCN2C)C2CSC2)OC(C)=O)n1. The molecular formula is C34H50N6O8S3. The first-order chi connectivity index (χ1) is 24.3. The van der Waals surface area contributed by atoms with Gasteiger partial charge in [0, 0.05) is 68.3 Å². The fourth-order valence-electron chi connectivity index (χ4n) is 6.20. The van der Waals surface area contributed by atoms with E-state index in [1.165, 1.54) is 36.7 Å². The monoisotopic (exact) mass is 766 g/mol. The molecule has 2 fully saturated rings. The molecule has 0 saturated carbocycles. The Morgan fingerprint density at radius 3 is 2.45 bits per heavy atom. The number of carbonyl (C=O) groups is 5. The van der Waals surface area contributed by atoms with E-state index < -0.39 is 48.1 Å². The van der Waals surface area contributed by atoms with Crippen molar-refractivity contribution in [2.75, 3.05) is 52.5 Å². The first-order valence-electron chi connectivity index (χ1n) is 17.1. The average molecular weight is 767 g/mol. The fourth-order valence-corrected chi connectivity index (χ4v) is 8.63. The molecule has 2 aliphatic rings. The minimum atomic E-state index is -0.831. The van der Waals surface area contributed by atoms with Crippen LogP contribution in [0.4, 0.5) is 0 Å². The van der Waals surface area contributed by atoms with Crippen molar-refractivity contribution in [3.05, 3.63) is 32.7 Å². The van der Waals surface area contributed by atoms with Gasteiger partial charge in [-0.1, -0.05) is 20.8 Å². The number of amides is 3. The van der Waals surface area contributed by atoms with Crippen LogP contribution in [-0.4, -0.2) is 126 Å². The maximum Gasteiger partial charge on any atom is 0.308 e. The number of ether oxygens (including phenoxy) is 3. The van der Waals surface area contributed by atoms with Crippen molar-refractivity contribution in [1.29, 1.82) is 0 Å². The summed E-state index contributed by atoms with van der Waals surface area (Å²) in [7, 11) is 4.92. The molecular weight excluding hydrogens is 717 g/mol. The third-order valence-electron chi connectivity index (χ3n) is 9.29. The Labute approximate surface area is 311 Å². The normalized spacial score (nSPS) is 19.6. The zero-order valence-electron chi connectivity index (χ0n) is 30.3. The Bertz CT molecular complexity index is 1490. The first-order valence-corrected chi connectivity index (χ1v) is 20.0. The Morgan fingerprint density at radius 2 is 1.86 bits per heavy atom. The van der Waals surface area contributed by atoms with Crippen LogP contribution in [0.1, 0.15) is 67.1 Å². The molecule has 2 aromatic heterocycles. The van der Waals surface area contributed by atoms with Crippen LogP contribution in [0.15, 0.2) is 17.0 Å². The maximum absolute atomic E-state index is 14.2. The number of esters is 2. The molecule has 17 heteroatoms. The van der Waals surface area contributed by atoms with E-state index in [0.717, 1.165) is 16.5 Å². The largest absolute Gasteiger partial charge is 0.469 e. The fraction of sp³-hybridized carbons (Fsp3) is 0.676. The number of nitrogens with one attached hydrogen (secondary N) is 2. The summed E-state index contributed by atoms with van der Waals surface area (Å²) in [5.41, 5.74) is 0.148. The molecule has 2 aliphatic heterocycles. The number of aromatic nitrogens is 2. The molecule has 51 heavy (non-hydrogen) atoms. The zero-order chi connectivity index (χ0) is 37.2. The van der Waals surface area contributed by atoms with Gasteiger partial charge in [0.1, 0.15) is 22.8 Å². The van der Waals surface area contributed by atoms with Gasteiger partial charge in [0.15, 0.2) is 6.10 Å². The molecule has 0 radical (unpaired) electrons. The summed E-state index contributed by atoms with van der Waals surface area (Å²) in [4.78, 5) is 78.0. The molecule has 0 unspecified atom stereocenters. The van der Waals surface area contributed by atoms with Gasteiger partial charge in [-0.2, -0.15) is 11.8 Å². The van der Waals surface area contributed by atoms with Crippen LogP contribution in [0.25, 0.3) is 0 Å². The Balaban J connectivity index is 1.49. The summed E-state index contributed by atoms with van der Waals surface area (Å²) in [6.07, 6.45) is 1.86. The Kier molecular flexibility index (Phi) is 15.2. The van der Waals surface area contributed by atoms with E-state index in [9.17, 15) is 24.0 Å². The summed E-state index contributed by atoms with van der Waals surface area (Å²) >= 11 is 4.38. The van der Waals surface area contributed by atoms with Gasteiger partial charge in [-0.15, -0.1) is 22.7 Å². The van der Waals surface area contributed by atoms with Crippen molar-refractivity contribution in [2.24, 2.45) is 17.8 Å².